The van der Waals surface area contributed by atoms with Crippen molar-refractivity contribution in [3.63, 3.8) is 0 Å². The lowest BCUT2D eigenvalue weighted by Gasteiger charge is -2.27. The van der Waals surface area contributed by atoms with Gasteiger partial charge in [-0.25, -0.2) is 4.39 Å². The Morgan fingerprint density at radius 3 is 2.30 bits per heavy atom. The largest absolute Gasteiger partial charge is 0.371 e. The standard InChI is InChI=1S/C16H26BrFN2/c1-4-19(5-2)11-8-12-20(6-3)16-10-7-9-15(18)14(16)13-17/h7,9-10H,4-6,8,11-13H2,1-3H3. The molecule has 0 aromatic heterocycles. The fourth-order valence-corrected chi connectivity index (χ4v) is 3.00. The highest BCUT2D eigenvalue weighted by molar-refractivity contribution is 9.08. The third-order valence-corrected chi connectivity index (χ3v) is 4.31. The van der Waals surface area contributed by atoms with E-state index in [1.807, 2.05) is 6.07 Å². The van der Waals surface area contributed by atoms with E-state index >= 15 is 0 Å². The molecule has 0 heterocycles. The summed E-state index contributed by atoms with van der Waals surface area (Å²) < 4.78 is 13.8. The molecule has 0 spiro atoms. The number of halogens is 2. The van der Waals surface area contributed by atoms with Gasteiger partial charge in [-0.3, -0.25) is 0 Å². The van der Waals surface area contributed by atoms with Gasteiger partial charge in [-0.15, -0.1) is 0 Å². The van der Waals surface area contributed by atoms with Crippen LogP contribution in [0.1, 0.15) is 32.8 Å². The first-order chi connectivity index (χ1) is 9.67. The highest BCUT2D eigenvalue weighted by atomic mass is 79.9. The van der Waals surface area contributed by atoms with Gasteiger partial charge in [0.2, 0.25) is 0 Å². The lowest BCUT2D eigenvalue weighted by molar-refractivity contribution is 0.300. The summed E-state index contributed by atoms with van der Waals surface area (Å²) in [5.41, 5.74) is 1.78. The molecule has 0 unspecified atom stereocenters. The average molecular weight is 345 g/mol. The first-order valence-corrected chi connectivity index (χ1v) is 8.60. The Hall–Kier alpha value is -0.610. The Labute approximate surface area is 131 Å². The second-order valence-electron chi connectivity index (χ2n) is 4.83. The SMILES string of the molecule is CCN(CC)CCCN(CC)c1cccc(F)c1CBr. The molecule has 4 heteroatoms. The molecule has 0 atom stereocenters. The molecule has 0 radical (unpaired) electrons. The summed E-state index contributed by atoms with van der Waals surface area (Å²) in [7, 11) is 0. The zero-order chi connectivity index (χ0) is 15.0. The molecule has 0 saturated carbocycles. The fraction of sp³-hybridized carbons (Fsp3) is 0.625. The Bertz CT molecular complexity index is 394. The number of alkyl halides is 1. The maximum atomic E-state index is 13.8. The van der Waals surface area contributed by atoms with Crippen LogP contribution in [0.3, 0.4) is 0 Å². The normalized spacial score (nSPS) is 11.1. The van der Waals surface area contributed by atoms with Crippen LogP contribution in [-0.2, 0) is 5.33 Å². The van der Waals surface area contributed by atoms with Crippen molar-refractivity contribution in [2.45, 2.75) is 32.5 Å². The van der Waals surface area contributed by atoms with E-state index in [9.17, 15) is 4.39 Å². The number of hydrogen-bond acceptors (Lipinski definition) is 2. The van der Waals surface area contributed by atoms with Gasteiger partial charge in [0.15, 0.2) is 0 Å². The molecule has 1 rings (SSSR count). The molecule has 0 fully saturated rings. The number of benzene rings is 1. The lowest BCUT2D eigenvalue weighted by atomic mass is 10.1. The molecule has 2 nitrogen and oxygen atoms in total. The highest BCUT2D eigenvalue weighted by Gasteiger charge is 2.12. The van der Waals surface area contributed by atoms with E-state index in [0.717, 1.165) is 50.4 Å². The van der Waals surface area contributed by atoms with E-state index < -0.39 is 0 Å². The molecule has 0 aliphatic heterocycles. The molecule has 1 aromatic rings. The van der Waals surface area contributed by atoms with Gasteiger partial charge in [-0.2, -0.15) is 0 Å². The molecule has 0 bridgehead atoms. The summed E-state index contributed by atoms with van der Waals surface area (Å²) >= 11 is 3.40. The summed E-state index contributed by atoms with van der Waals surface area (Å²) in [5, 5.41) is 0.557. The minimum Gasteiger partial charge on any atom is -0.371 e. The summed E-state index contributed by atoms with van der Waals surface area (Å²) in [6.07, 6.45) is 1.10. The van der Waals surface area contributed by atoms with E-state index in [1.54, 1.807) is 6.07 Å². The average Bonchev–Trinajstić information content (AvgIpc) is 2.47. The van der Waals surface area contributed by atoms with Crippen molar-refractivity contribution in [3.05, 3.63) is 29.6 Å². The topological polar surface area (TPSA) is 6.48 Å². The van der Waals surface area contributed by atoms with Gasteiger partial charge in [-0.1, -0.05) is 35.8 Å². The highest BCUT2D eigenvalue weighted by Crippen LogP contribution is 2.25. The molecule has 0 amide bonds. The second-order valence-corrected chi connectivity index (χ2v) is 5.39. The monoisotopic (exact) mass is 344 g/mol. The third-order valence-electron chi connectivity index (χ3n) is 3.75. The van der Waals surface area contributed by atoms with Crippen molar-refractivity contribution >= 4 is 21.6 Å². The van der Waals surface area contributed by atoms with Crippen LogP contribution in [0.4, 0.5) is 10.1 Å². The Balaban J connectivity index is 2.69. The fourth-order valence-electron chi connectivity index (χ4n) is 2.45. The minimum atomic E-state index is -0.124. The van der Waals surface area contributed by atoms with Crippen molar-refractivity contribution in [2.24, 2.45) is 0 Å². The lowest BCUT2D eigenvalue weighted by Crippen LogP contribution is -2.30. The van der Waals surface area contributed by atoms with Gasteiger partial charge >= 0.3 is 0 Å². The Kier molecular flexibility index (Phi) is 8.15. The zero-order valence-electron chi connectivity index (χ0n) is 12.8. The number of rotatable bonds is 9. The molecular formula is C16H26BrFN2. The second kappa shape index (κ2) is 9.35. The molecular weight excluding hydrogens is 319 g/mol. The van der Waals surface area contributed by atoms with E-state index in [-0.39, 0.29) is 5.82 Å². The Morgan fingerprint density at radius 1 is 1.05 bits per heavy atom. The summed E-state index contributed by atoms with van der Waals surface area (Å²) in [6, 6.07) is 5.34. The maximum absolute atomic E-state index is 13.8. The Morgan fingerprint density at radius 2 is 1.75 bits per heavy atom. The van der Waals surface area contributed by atoms with Gasteiger partial charge in [-0.05, 0) is 45.1 Å². The molecule has 0 saturated heterocycles. The van der Waals surface area contributed by atoms with E-state index in [1.165, 1.54) is 6.07 Å². The molecule has 1 aromatic carbocycles. The van der Waals surface area contributed by atoms with Gasteiger partial charge in [0.25, 0.3) is 0 Å². The first-order valence-electron chi connectivity index (χ1n) is 7.48. The van der Waals surface area contributed by atoms with E-state index in [0.29, 0.717) is 5.33 Å². The minimum absolute atomic E-state index is 0.124. The van der Waals surface area contributed by atoms with Crippen LogP contribution >= 0.6 is 15.9 Å². The molecule has 0 aliphatic rings. The van der Waals surface area contributed by atoms with Crippen LogP contribution in [0, 0.1) is 5.82 Å². The van der Waals surface area contributed by atoms with Crippen molar-refractivity contribution < 1.29 is 4.39 Å². The quantitative estimate of drug-likeness (QED) is 0.617. The van der Waals surface area contributed by atoms with Crippen molar-refractivity contribution in [1.82, 2.24) is 4.90 Å². The smallest absolute Gasteiger partial charge is 0.129 e. The van der Waals surface area contributed by atoms with Gasteiger partial charge < -0.3 is 9.80 Å². The van der Waals surface area contributed by atoms with Crippen LogP contribution < -0.4 is 4.90 Å². The van der Waals surface area contributed by atoms with Crippen LogP contribution in [0.15, 0.2) is 18.2 Å². The van der Waals surface area contributed by atoms with Crippen molar-refractivity contribution in [2.75, 3.05) is 37.6 Å². The van der Waals surface area contributed by atoms with Crippen LogP contribution in [0.25, 0.3) is 0 Å². The van der Waals surface area contributed by atoms with E-state index in [2.05, 4.69) is 46.5 Å². The predicted molar refractivity (Wildman–Crippen MR) is 89.3 cm³/mol. The number of anilines is 1. The number of hydrogen-bond donors (Lipinski definition) is 0. The number of nitrogens with zero attached hydrogens (tertiary/aromatic N) is 2. The van der Waals surface area contributed by atoms with Crippen LogP contribution in [0.2, 0.25) is 0 Å². The molecule has 0 aliphatic carbocycles. The van der Waals surface area contributed by atoms with Gasteiger partial charge in [0.1, 0.15) is 5.82 Å². The van der Waals surface area contributed by atoms with Crippen LogP contribution in [-0.4, -0.2) is 37.6 Å². The van der Waals surface area contributed by atoms with Gasteiger partial charge in [0.05, 0.1) is 0 Å². The van der Waals surface area contributed by atoms with Crippen molar-refractivity contribution in [1.29, 1.82) is 0 Å². The van der Waals surface area contributed by atoms with Crippen molar-refractivity contribution in [3.8, 4) is 0 Å². The zero-order valence-corrected chi connectivity index (χ0v) is 14.4. The van der Waals surface area contributed by atoms with Gasteiger partial charge in [0, 0.05) is 29.7 Å². The maximum Gasteiger partial charge on any atom is 0.129 e. The molecule has 0 N–H and O–H groups in total. The first kappa shape index (κ1) is 17.4. The third kappa shape index (κ3) is 4.74. The van der Waals surface area contributed by atoms with E-state index in [4.69, 9.17) is 0 Å². The molecule has 20 heavy (non-hydrogen) atoms. The van der Waals surface area contributed by atoms with Crippen LogP contribution in [0.5, 0.6) is 0 Å². The summed E-state index contributed by atoms with van der Waals surface area (Å²) in [6.45, 7) is 11.7. The predicted octanol–water partition coefficient (Wildman–Crippen LogP) is 4.28. The molecule has 114 valence electrons. The summed E-state index contributed by atoms with van der Waals surface area (Å²) in [5.74, 6) is -0.124. The summed E-state index contributed by atoms with van der Waals surface area (Å²) in [4.78, 5) is 4.69.